The van der Waals surface area contributed by atoms with Crippen LogP contribution in [0.3, 0.4) is 0 Å². The van der Waals surface area contributed by atoms with Crippen molar-refractivity contribution in [3.05, 3.63) is 112 Å². The molecule has 0 amide bonds. The maximum absolute atomic E-state index is 13.6. The van der Waals surface area contributed by atoms with E-state index in [0.29, 0.717) is 33.7 Å². The summed E-state index contributed by atoms with van der Waals surface area (Å²) in [6.45, 7) is 4.54. The molecule has 9 heteroatoms. The van der Waals surface area contributed by atoms with E-state index < -0.39 is 10.0 Å². The van der Waals surface area contributed by atoms with Gasteiger partial charge in [-0.1, -0.05) is 47.0 Å². The zero-order valence-corrected chi connectivity index (χ0v) is 22.7. The van der Waals surface area contributed by atoms with Gasteiger partial charge in [-0.25, -0.2) is 8.42 Å². The second-order valence-electron chi connectivity index (χ2n) is 8.32. The Balaban J connectivity index is 1.56. The number of hydrogen-bond acceptors (Lipinski definition) is 5. The first kappa shape index (κ1) is 26.9. The molecule has 0 spiro atoms. The van der Waals surface area contributed by atoms with Crippen molar-refractivity contribution < 1.29 is 17.6 Å². The summed E-state index contributed by atoms with van der Waals surface area (Å²) in [7, 11) is -3.84. The largest absolute Gasteiger partial charge is 0.494 e. The van der Waals surface area contributed by atoms with Crippen LogP contribution in [0.25, 0.3) is 0 Å². The van der Waals surface area contributed by atoms with Gasteiger partial charge in [0.25, 0.3) is 0 Å². The summed E-state index contributed by atoms with van der Waals surface area (Å²) < 4.78 is 39.9. The van der Waals surface area contributed by atoms with E-state index in [1.807, 2.05) is 38.1 Å². The Kier molecular flexibility index (Phi) is 8.71. The Labute approximate surface area is 227 Å². The van der Waals surface area contributed by atoms with E-state index >= 15 is 0 Å². The number of sulfonamides is 1. The predicted molar refractivity (Wildman–Crippen MR) is 148 cm³/mol. The van der Waals surface area contributed by atoms with E-state index in [1.165, 1.54) is 4.31 Å². The first-order valence-corrected chi connectivity index (χ1v) is 13.8. The Hall–Kier alpha value is -3.10. The molecule has 0 saturated heterocycles. The van der Waals surface area contributed by atoms with Crippen LogP contribution in [-0.4, -0.2) is 25.5 Å². The van der Waals surface area contributed by atoms with Crippen LogP contribution < -0.4 is 4.74 Å². The van der Waals surface area contributed by atoms with Crippen molar-refractivity contribution in [2.24, 2.45) is 4.99 Å². The molecule has 1 aromatic heterocycles. The SMILES string of the molecule is CCOc1ccc(N=Cc2ccc(CN(Cc3ccc(Cl)c(Cl)c3)S(=O)(=O)c3ccc(C)cc3)o2)cc1. The van der Waals surface area contributed by atoms with E-state index in [4.69, 9.17) is 32.4 Å². The summed E-state index contributed by atoms with van der Waals surface area (Å²) in [5.41, 5.74) is 2.41. The van der Waals surface area contributed by atoms with Crippen LogP contribution in [0, 0.1) is 6.92 Å². The fourth-order valence-electron chi connectivity index (χ4n) is 3.58. The van der Waals surface area contributed by atoms with Crippen LogP contribution in [-0.2, 0) is 23.1 Å². The molecule has 0 aliphatic carbocycles. The first-order chi connectivity index (χ1) is 17.7. The highest BCUT2D eigenvalue weighted by molar-refractivity contribution is 7.89. The number of aryl methyl sites for hydroxylation is 1. The van der Waals surface area contributed by atoms with Gasteiger partial charge in [-0.05, 0) is 80.1 Å². The zero-order valence-electron chi connectivity index (χ0n) is 20.4. The standard InChI is InChI=1S/C28H26Cl2N2O4S/c1-3-35-23-9-7-22(8-10-23)31-17-24-11-12-25(36-24)19-32(18-21-6-15-27(29)28(30)16-21)37(33,34)26-13-4-20(2)5-14-26/h4-17H,3,18-19H2,1-2H3. The number of rotatable bonds is 10. The highest BCUT2D eigenvalue weighted by Crippen LogP contribution is 2.27. The Morgan fingerprint density at radius 2 is 1.65 bits per heavy atom. The quantitative estimate of drug-likeness (QED) is 0.190. The molecular weight excluding hydrogens is 531 g/mol. The van der Waals surface area contributed by atoms with Crippen LogP contribution in [0.1, 0.15) is 29.6 Å². The number of benzene rings is 3. The van der Waals surface area contributed by atoms with Crippen molar-refractivity contribution in [2.75, 3.05) is 6.61 Å². The minimum atomic E-state index is -3.84. The molecule has 0 atom stereocenters. The van der Waals surface area contributed by atoms with Crippen molar-refractivity contribution in [3.63, 3.8) is 0 Å². The third kappa shape index (κ3) is 7.02. The van der Waals surface area contributed by atoms with Gasteiger partial charge in [0, 0.05) is 6.54 Å². The predicted octanol–water partition coefficient (Wildman–Crippen LogP) is 7.44. The van der Waals surface area contributed by atoms with Gasteiger partial charge in [0.15, 0.2) is 0 Å². The maximum Gasteiger partial charge on any atom is 0.243 e. The highest BCUT2D eigenvalue weighted by Gasteiger charge is 2.26. The van der Waals surface area contributed by atoms with Crippen LogP contribution in [0.5, 0.6) is 5.75 Å². The van der Waals surface area contributed by atoms with Crippen molar-refractivity contribution in [1.82, 2.24) is 4.31 Å². The highest BCUT2D eigenvalue weighted by atomic mass is 35.5. The lowest BCUT2D eigenvalue weighted by Crippen LogP contribution is -2.30. The molecule has 6 nitrogen and oxygen atoms in total. The zero-order chi connectivity index (χ0) is 26.4. The van der Waals surface area contributed by atoms with Gasteiger partial charge in [0.05, 0.1) is 40.0 Å². The van der Waals surface area contributed by atoms with Gasteiger partial charge in [0.2, 0.25) is 10.0 Å². The lowest BCUT2D eigenvalue weighted by atomic mass is 10.2. The first-order valence-electron chi connectivity index (χ1n) is 11.6. The molecule has 0 bridgehead atoms. The number of furan rings is 1. The Morgan fingerprint density at radius 1 is 0.919 bits per heavy atom. The Morgan fingerprint density at radius 3 is 2.32 bits per heavy atom. The molecule has 37 heavy (non-hydrogen) atoms. The fraction of sp³-hybridized carbons (Fsp3) is 0.179. The summed E-state index contributed by atoms with van der Waals surface area (Å²) in [4.78, 5) is 4.62. The molecule has 0 aliphatic rings. The normalized spacial score (nSPS) is 11.9. The van der Waals surface area contributed by atoms with E-state index in [1.54, 1.807) is 60.8 Å². The van der Waals surface area contributed by atoms with Gasteiger partial charge in [-0.2, -0.15) is 4.31 Å². The summed E-state index contributed by atoms with van der Waals surface area (Å²) in [6.07, 6.45) is 1.59. The second kappa shape index (κ2) is 12.0. The lowest BCUT2D eigenvalue weighted by Gasteiger charge is -2.22. The molecule has 0 unspecified atom stereocenters. The summed E-state index contributed by atoms with van der Waals surface area (Å²) in [5.74, 6) is 1.76. The number of ether oxygens (including phenoxy) is 1. The van der Waals surface area contributed by atoms with Crippen molar-refractivity contribution >= 4 is 45.1 Å². The molecule has 4 aromatic rings. The van der Waals surface area contributed by atoms with Gasteiger partial charge < -0.3 is 9.15 Å². The number of aliphatic imine (C=N–C) groups is 1. The fourth-order valence-corrected chi connectivity index (χ4v) is 5.30. The van der Waals surface area contributed by atoms with Gasteiger partial charge >= 0.3 is 0 Å². The van der Waals surface area contributed by atoms with E-state index in [-0.39, 0.29) is 18.0 Å². The van der Waals surface area contributed by atoms with Crippen LogP contribution in [0.2, 0.25) is 10.0 Å². The maximum atomic E-state index is 13.6. The molecule has 0 fully saturated rings. The number of hydrogen-bond donors (Lipinski definition) is 0. The lowest BCUT2D eigenvalue weighted by molar-refractivity contribution is 0.340. The second-order valence-corrected chi connectivity index (χ2v) is 11.1. The van der Waals surface area contributed by atoms with E-state index in [9.17, 15) is 8.42 Å². The average molecular weight is 557 g/mol. The van der Waals surface area contributed by atoms with E-state index in [0.717, 1.165) is 17.0 Å². The smallest absolute Gasteiger partial charge is 0.243 e. The minimum absolute atomic E-state index is 0.0212. The third-order valence-corrected chi connectivity index (χ3v) is 8.05. The van der Waals surface area contributed by atoms with Crippen LogP contribution >= 0.6 is 23.2 Å². The number of halogens is 2. The molecule has 0 aliphatic heterocycles. The summed E-state index contributed by atoms with van der Waals surface area (Å²) >= 11 is 12.2. The molecule has 0 saturated carbocycles. The monoisotopic (exact) mass is 556 g/mol. The summed E-state index contributed by atoms with van der Waals surface area (Å²) in [6, 6.07) is 22.7. The summed E-state index contributed by atoms with van der Waals surface area (Å²) in [5, 5.41) is 0.762. The van der Waals surface area contributed by atoms with Crippen LogP contribution in [0.15, 0.2) is 93.2 Å². The molecule has 1 heterocycles. The Bertz CT molecular complexity index is 1480. The van der Waals surface area contributed by atoms with Crippen molar-refractivity contribution in [3.8, 4) is 5.75 Å². The number of nitrogens with zero attached hydrogens (tertiary/aromatic N) is 2. The topological polar surface area (TPSA) is 72.1 Å². The van der Waals surface area contributed by atoms with E-state index in [2.05, 4.69) is 4.99 Å². The molecule has 0 radical (unpaired) electrons. The molecular formula is C28H26Cl2N2O4S. The van der Waals surface area contributed by atoms with Gasteiger partial charge in [-0.3, -0.25) is 4.99 Å². The third-order valence-electron chi connectivity index (χ3n) is 5.50. The van der Waals surface area contributed by atoms with Gasteiger partial charge in [-0.15, -0.1) is 0 Å². The molecule has 4 rings (SSSR count). The minimum Gasteiger partial charge on any atom is -0.494 e. The van der Waals surface area contributed by atoms with Gasteiger partial charge in [0.1, 0.15) is 17.3 Å². The molecule has 3 aromatic carbocycles. The van der Waals surface area contributed by atoms with Crippen molar-refractivity contribution in [1.29, 1.82) is 0 Å². The average Bonchev–Trinajstić information content (AvgIpc) is 3.33. The van der Waals surface area contributed by atoms with Crippen molar-refractivity contribution in [2.45, 2.75) is 31.8 Å². The molecule has 0 N–H and O–H groups in total. The molecule has 192 valence electrons. The van der Waals surface area contributed by atoms with Crippen LogP contribution in [0.4, 0.5) is 5.69 Å².